The zero-order valence-electron chi connectivity index (χ0n) is 15.2. The minimum atomic E-state index is -0.651. The van der Waals surface area contributed by atoms with Gasteiger partial charge in [-0.05, 0) is 29.8 Å². The predicted octanol–water partition coefficient (Wildman–Crippen LogP) is 4.29. The maximum Gasteiger partial charge on any atom is 0.273 e. The normalized spacial score (nSPS) is 15.0. The van der Waals surface area contributed by atoms with E-state index < -0.39 is 16.6 Å². The van der Waals surface area contributed by atoms with Gasteiger partial charge < -0.3 is 10.4 Å². The number of rotatable bonds is 6. The van der Waals surface area contributed by atoms with Crippen molar-refractivity contribution in [1.29, 1.82) is 0 Å². The first-order valence-electron chi connectivity index (χ1n) is 8.53. The number of phenolic OH excluding ortho intramolecular Hbond substituents is 1. The summed E-state index contributed by atoms with van der Waals surface area (Å²) in [7, 11) is 0. The number of carbonyl (C=O) groups excluding carboxylic acids is 2. The lowest BCUT2D eigenvalue weighted by atomic mass is 10.2. The van der Waals surface area contributed by atoms with Crippen LogP contribution in [0.25, 0.3) is 6.08 Å². The number of thioether (sulfide) groups is 1. The highest BCUT2D eigenvalue weighted by Crippen LogP contribution is 2.33. The zero-order valence-corrected chi connectivity index (χ0v) is 18.4. The van der Waals surface area contributed by atoms with Crippen molar-refractivity contribution in [1.82, 2.24) is 4.90 Å². The molecular weight excluding hydrogens is 494 g/mol. The number of thiocarbonyl (C=S) groups is 1. The van der Waals surface area contributed by atoms with Gasteiger partial charge >= 0.3 is 0 Å². The summed E-state index contributed by atoms with van der Waals surface area (Å²) in [5.41, 5.74) is 0.599. The number of benzene rings is 2. The van der Waals surface area contributed by atoms with E-state index in [-0.39, 0.29) is 30.2 Å². The SMILES string of the molecule is O=C(CCN1C(=O)/C(=C/c2cccc(Br)c2)SC1=S)Nc1ccc([N+](=O)[O-])cc1O. The molecule has 0 aliphatic carbocycles. The number of amides is 2. The minimum absolute atomic E-state index is 0.0468. The van der Waals surface area contributed by atoms with E-state index in [1.165, 1.54) is 17.0 Å². The minimum Gasteiger partial charge on any atom is -0.506 e. The molecule has 0 radical (unpaired) electrons. The van der Waals surface area contributed by atoms with Gasteiger partial charge in [-0.1, -0.05) is 52.0 Å². The summed E-state index contributed by atoms with van der Waals surface area (Å²) in [6, 6.07) is 10.8. The Morgan fingerprint density at radius 1 is 1.33 bits per heavy atom. The maximum absolute atomic E-state index is 12.6. The molecule has 1 fully saturated rings. The second-order valence-corrected chi connectivity index (χ2v) is 8.74. The number of hydrogen-bond acceptors (Lipinski definition) is 7. The van der Waals surface area contributed by atoms with Gasteiger partial charge in [0.05, 0.1) is 21.6 Å². The molecular formula is C19H14BrN3O5S2. The van der Waals surface area contributed by atoms with Crippen LogP contribution < -0.4 is 5.32 Å². The number of nitrogens with zero attached hydrogens (tertiary/aromatic N) is 2. The van der Waals surface area contributed by atoms with E-state index in [0.717, 1.165) is 27.9 Å². The third kappa shape index (κ3) is 5.23. The van der Waals surface area contributed by atoms with Gasteiger partial charge in [0.2, 0.25) is 5.91 Å². The van der Waals surface area contributed by atoms with Crippen LogP contribution in [0.1, 0.15) is 12.0 Å². The van der Waals surface area contributed by atoms with Crippen molar-refractivity contribution in [2.75, 3.05) is 11.9 Å². The Hall–Kier alpha value is -2.76. The maximum atomic E-state index is 12.6. The largest absolute Gasteiger partial charge is 0.506 e. The average molecular weight is 508 g/mol. The number of nitro benzene ring substituents is 1. The number of non-ortho nitro benzene ring substituents is 1. The highest BCUT2D eigenvalue weighted by Gasteiger charge is 2.32. The van der Waals surface area contributed by atoms with E-state index in [9.17, 15) is 24.8 Å². The Morgan fingerprint density at radius 2 is 2.10 bits per heavy atom. The second-order valence-electron chi connectivity index (χ2n) is 6.15. The van der Waals surface area contributed by atoms with Crippen LogP contribution in [0.3, 0.4) is 0 Å². The van der Waals surface area contributed by atoms with Gasteiger partial charge in [0.1, 0.15) is 10.1 Å². The van der Waals surface area contributed by atoms with Crippen LogP contribution >= 0.6 is 39.9 Å². The number of nitrogens with one attached hydrogen (secondary N) is 1. The van der Waals surface area contributed by atoms with Gasteiger partial charge in [-0.15, -0.1) is 0 Å². The summed E-state index contributed by atoms with van der Waals surface area (Å²) in [4.78, 5) is 36.7. The Bertz CT molecular complexity index is 1090. The first-order chi connectivity index (χ1) is 14.2. The number of hydrogen-bond donors (Lipinski definition) is 2. The molecule has 1 heterocycles. The Labute approximate surface area is 189 Å². The third-order valence-corrected chi connectivity index (χ3v) is 5.92. The molecule has 0 bridgehead atoms. The van der Waals surface area contributed by atoms with Crippen LogP contribution in [0.2, 0.25) is 0 Å². The fourth-order valence-electron chi connectivity index (χ4n) is 2.61. The Kier molecular flexibility index (Phi) is 6.85. The van der Waals surface area contributed by atoms with E-state index in [0.29, 0.717) is 9.23 Å². The molecule has 2 aromatic carbocycles. The molecule has 2 amide bonds. The molecule has 30 heavy (non-hydrogen) atoms. The molecule has 1 aliphatic heterocycles. The summed E-state index contributed by atoms with van der Waals surface area (Å²) in [5, 5.41) is 23.0. The molecule has 3 rings (SSSR count). The molecule has 0 spiro atoms. The van der Waals surface area contributed by atoms with Crippen LogP contribution in [-0.2, 0) is 9.59 Å². The molecule has 0 atom stereocenters. The molecule has 11 heteroatoms. The molecule has 2 N–H and O–H groups in total. The van der Waals surface area contributed by atoms with Gasteiger partial charge in [-0.25, -0.2) is 0 Å². The molecule has 0 saturated carbocycles. The molecule has 1 saturated heterocycles. The Morgan fingerprint density at radius 3 is 2.77 bits per heavy atom. The van der Waals surface area contributed by atoms with Crippen molar-refractivity contribution in [2.24, 2.45) is 0 Å². The number of phenols is 1. The summed E-state index contributed by atoms with van der Waals surface area (Å²) in [6.07, 6.45) is 1.67. The predicted molar refractivity (Wildman–Crippen MR) is 122 cm³/mol. The standard InChI is InChI=1S/C19H14BrN3O5S2/c20-12-3-1-2-11(8-12)9-16-18(26)22(19(29)30-16)7-6-17(25)21-14-5-4-13(23(27)28)10-15(14)24/h1-5,8-10,24H,6-7H2,(H,21,25)/b16-9-. The van der Waals surface area contributed by atoms with Gasteiger partial charge in [0, 0.05) is 23.5 Å². The van der Waals surface area contributed by atoms with Crippen molar-refractivity contribution in [2.45, 2.75) is 6.42 Å². The molecule has 154 valence electrons. The average Bonchev–Trinajstić information content (AvgIpc) is 2.94. The van der Waals surface area contributed by atoms with Crippen molar-refractivity contribution in [3.05, 3.63) is 67.5 Å². The lowest BCUT2D eigenvalue weighted by Crippen LogP contribution is -2.31. The smallest absolute Gasteiger partial charge is 0.273 e. The number of anilines is 1. The van der Waals surface area contributed by atoms with Gasteiger partial charge in [0.15, 0.2) is 0 Å². The molecule has 2 aromatic rings. The fraction of sp³-hybridized carbons (Fsp3) is 0.105. The van der Waals surface area contributed by atoms with Gasteiger partial charge in [0.25, 0.3) is 11.6 Å². The fourth-order valence-corrected chi connectivity index (χ4v) is 4.33. The van der Waals surface area contributed by atoms with Crippen LogP contribution in [-0.4, -0.2) is 37.6 Å². The Balaban J connectivity index is 1.61. The molecule has 1 aliphatic rings. The lowest BCUT2D eigenvalue weighted by Gasteiger charge is -2.14. The lowest BCUT2D eigenvalue weighted by molar-refractivity contribution is -0.384. The highest BCUT2D eigenvalue weighted by molar-refractivity contribution is 9.10. The quantitative estimate of drug-likeness (QED) is 0.197. The second kappa shape index (κ2) is 9.37. The first-order valence-corrected chi connectivity index (χ1v) is 10.5. The molecule has 0 unspecified atom stereocenters. The summed E-state index contributed by atoms with van der Waals surface area (Å²) in [6.45, 7) is 0.0695. The molecule has 8 nitrogen and oxygen atoms in total. The van der Waals surface area contributed by atoms with Crippen LogP contribution in [0, 0.1) is 10.1 Å². The zero-order chi connectivity index (χ0) is 21.8. The van der Waals surface area contributed by atoms with Gasteiger partial charge in [-0.2, -0.15) is 0 Å². The number of aromatic hydroxyl groups is 1. The number of nitro groups is 1. The highest BCUT2D eigenvalue weighted by atomic mass is 79.9. The van der Waals surface area contributed by atoms with Crippen LogP contribution in [0.5, 0.6) is 5.75 Å². The van der Waals surface area contributed by atoms with E-state index in [4.69, 9.17) is 12.2 Å². The van der Waals surface area contributed by atoms with Crippen molar-refractivity contribution < 1.29 is 19.6 Å². The van der Waals surface area contributed by atoms with Crippen molar-refractivity contribution in [3.8, 4) is 5.75 Å². The summed E-state index contributed by atoms with van der Waals surface area (Å²) in [5.74, 6) is -1.17. The summed E-state index contributed by atoms with van der Waals surface area (Å²) < 4.78 is 1.24. The number of carbonyl (C=O) groups is 2. The van der Waals surface area contributed by atoms with Crippen molar-refractivity contribution >= 4 is 73.5 Å². The van der Waals surface area contributed by atoms with Gasteiger partial charge in [-0.3, -0.25) is 24.6 Å². The topological polar surface area (TPSA) is 113 Å². The monoisotopic (exact) mass is 507 g/mol. The third-order valence-electron chi connectivity index (χ3n) is 4.05. The van der Waals surface area contributed by atoms with Crippen LogP contribution in [0.15, 0.2) is 51.8 Å². The van der Waals surface area contributed by atoms with E-state index in [2.05, 4.69) is 21.2 Å². The number of halogens is 1. The first kappa shape index (κ1) is 21.9. The van der Waals surface area contributed by atoms with Crippen LogP contribution in [0.4, 0.5) is 11.4 Å². The molecule has 0 aromatic heterocycles. The van der Waals surface area contributed by atoms with Crippen molar-refractivity contribution in [3.63, 3.8) is 0 Å². The van der Waals surface area contributed by atoms with E-state index in [1.807, 2.05) is 24.3 Å². The van der Waals surface area contributed by atoms with E-state index in [1.54, 1.807) is 6.08 Å². The summed E-state index contributed by atoms with van der Waals surface area (Å²) >= 11 is 9.80. The van der Waals surface area contributed by atoms with E-state index >= 15 is 0 Å².